The molecule has 86 valence electrons. The fraction of sp³-hybridized carbons (Fsp3) is 1.00. The highest BCUT2D eigenvalue weighted by molar-refractivity contribution is 4.30. The van der Waals surface area contributed by atoms with Crippen LogP contribution < -0.4 is 0 Å². The maximum atomic E-state index is 8.55. The first kappa shape index (κ1) is 13.8. The van der Waals surface area contributed by atoms with Crippen LogP contribution >= 0.6 is 0 Å². The Morgan fingerprint density at radius 1 is 0.929 bits per heavy atom. The average Bonchev–Trinajstić information content (AvgIpc) is 2.15. The van der Waals surface area contributed by atoms with Crippen molar-refractivity contribution < 1.29 is 19.9 Å². The first-order valence-electron chi connectivity index (χ1n) is 4.67. The predicted molar refractivity (Wildman–Crippen MR) is 50.8 cm³/mol. The van der Waals surface area contributed by atoms with Gasteiger partial charge in [-0.1, -0.05) is 0 Å². The van der Waals surface area contributed by atoms with Crippen molar-refractivity contribution in [3.8, 4) is 0 Å². The molecule has 0 aromatic rings. The van der Waals surface area contributed by atoms with Gasteiger partial charge in [0.2, 0.25) is 0 Å². The van der Waals surface area contributed by atoms with Crippen molar-refractivity contribution in [3.05, 3.63) is 0 Å². The number of aliphatic hydroxyl groups excluding tert-OH is 2. The molecule has 0 unspecified atom stereocenters. The van der Waals surface area contributed by atoms with Gasteiger partial charge in [-0.3, -0.25) is 9.68 Å². The average molecular weight is 208 g/mol. The molecule has 0 heterocycles. The first-order chi connectivity index (χ1) is 6.72. The molecule has 6 nitrogen and oxygen atoms in total. The van der Waals surface area contributed by atoms with E-state index in [1.807, 2.05) is 0 Å². The summed E-state index contributed by atoms with van der Waals surface area (Å²) in [6, 6.07) is 0. The number of hydrazine groups is 1. The monoisotopic (exact) mass is 208 g/mol. The SMILES string of the molecule is CN(C)N(OCCCO)OCCCO. The molecule has 0 aliphatic carbocycles. The molecule has 0 saturated heterocycles. The van der Waals surface area contributed by atoms with E-state index in [4.69, 9.17) is 19.9 Å². The molecule has 0 aliphatic rings. The molecule has 0 aliphatic heterocycles. The van der Waals surface area contributed by atoms with Crippen LogP contribution in [0.15, 0.2) is 0 Å². The highest BCUT2D eigenvalue weighted by atomic mass is 17.0. The molecular weight excluding hydrogens is 188 g/mol. The Hall–Kier alpha value is -0.240. The molecule has 0 amide bonds. The van der Waals surface area contributed by atoms with Crippen molar-refractivity contribution in [1.29, 1.82) is 0 Å². The Bertz CT molecular complexity index is 114. The zero-order valence-electron chi connectivity index (χ0n) is 8.85. The second-order valence-corrected chi connectivity index (χ2v) is 2.91. The fourth-order valence-corrected chi connectivity index (χ4v) is 0.683. The fourth-order valence-electron chi connectivity index (χ4n) is 0.683. The zero-order chi connectivity index (χ0) is 10.8. The summed E-state index contributed by atoms with van der Waals surface area (Å²) in [6.07, 6.45) is 1.13. The first-order valence-corrected chi connectivity index (χ1v) is 4.67. The molecule has 0 radical (unpaired) electrons. The van der Waals surface area contributed by atoms with Crippen molar-refractivity contribution in [2.75, 3.05) is 40.5 Å². The minimum absolute atomic E-state index is 0.0951. The predicted octanol–water partition coefficient (Wildman–Crippen LogP) is -0.607. The van der Waals surface area contributed by atoms with Crippen molar-refractivity contribution >= 4 is 0 Å². The van der Waals surface area contributed by atoms with Crippen LogP contribution in [0, 0.1) is 0 Å². The van der Waals surface area contributed by atoms with Crippen LogP contribution in [-0.2, 0) is 9.68 Å². The largest absolute Gasteiger partial charge is 0.396 e. The number of hydrogen-bond donors (Lipinski definition) is 2. The maximum absolute atomic E-state index is 8.55. The van der Waals surface area contributed by atoms with Crippen LogP contribution in [0.1, 0.15) is 12.8 Å². The Kier molecular flexibility index (Phi) is 9.16. The van der Waals surface area contributed by atoms with E-state index in [0.29, 0.717) is 26.1 Å². The summed E-state index contributed by atoms with van der Waals surface area (Å²) in [6.45, 7) is 0.984. The van der Waals surface area contributed by atoms with E-state index in [-0.39, 0.29) is 13.2 Å². The van der Waals surface area contributed by atoms with E-state index in [2.05, 4.69) is 0 Å². The van der Waals surface area contributed by atoms with Gasteiger partial charge >= 0.3 is 0 Å². The number of aliphatic hydroxyl groups is 2. The molecule has 2 N–H and O–H groups in total. The standard InChI is InChI=1S/C8H20N2O4/c1-9(2)10(13-7-3-5-11)14-8-4-6-12/h11-12H,3-8H2,1-2H3. The van der Waals surface area contributed by atoms with Crippen molar-refractivity contribution in [2.45, 2.75) is 12.8 Å². The minimum Gasteiger partial charge on any atom is -0.396 e. The van der Waals surface area contributed by atoms with Gasteiger partial charge in [-0.05, 0) is 12.8 Å². The number of hydrogen-bond acceptors (Lipinski definition) is 6. The highest BCUT2D eigenvalue weighted by Crippen LogP contribution is 1.97. The second kappa shape index (κ2) is 9.32. The molecule has 0 bridgehead atoms. The lowest BCUT2D eigenvalue weighted by Crippen LogP contribution is -2.37. The van der Waals surface area contributed by atoms with Gasteiger partial charge in [0.25, 0.3) is 0 Å². The van der Waals surface area contributed by atoms with Crippen molar-refractivity contribution in [3.63, 3.8) is 0 Å². The smallest absolute Gasteiger partial charge is 0.0748 e. The van der Waals surface area contributed by atoms with E-state index in [1.165, 1.54) is 5.34 Å². The van der Waals surface area contributed by atoms with Gasteiger partial charge in [0.15, 0.2) is 0 Å². The van der Waals surface area contributed by atoms with Crippen LogP contribution in [0.25, 0.3) is 0 Å². The molecule has 6 heteroatoms. The van der Waals surface area contributed by atoms with Gasteiger partial charge in [0, 0.05) is 32.6 Å². The normalized spacial score (nSPS) is 11.6. The Morgan fingerprint density at radius 3 is 1.64 bits per heavy atom. The van der Waals surface area contributed by atoms with Crippen molar-refractivity contribution in [1.82, 2.24) is 10.3 Å². The van der Waals surface area contributed by atoms with Gasteiger partial charge in [0.1, 0.15) is 0 Å². The van der Waals surface area contributed by atoms with Gasteiger partial charge in [0.05, 0.1) is 13.2 Å². The van der Waals surface area contributed by atoms with Crippen LogP contribution in [0.2, 0.25) is 0 Å². The van der Waals surface area contributed by atoms with E-state index < -0.39 is 0 Å². The van der Waals surface area contributed by atoms with E-state index >= 15 is 0 Å². The maximum Gasteiger partial charge on any atom is 0.0748 e. The van der Waals surface area contributed by atoms with Crippen molar-refractivity contribution in [2.24, 2.45) is 0 Å². The zero-order valence-corrected chi connectivity index (χ0v) is 8.85. The van der Waals surface area contributed by atoms with Crippen LogP contribution in [0.5, 0.6) is 0 Å². The summed E-state index contributed by atoms with van der Waals surface area (Å²) in [5.41, 5.74) is 0. The third kappa shape index (κ3) is 7.19. The molecule has 0 atom stereocenters. The van der Waals surface area contributed by atoms with E-state index in [0.717, 1.165) is 0 Å². The van der Waals surface area contributed by atoms with Crippen LogP contribution in [0.3, 0.4) is 0 Å². The molecule has 0 fully saturated rings. The third-order valence-electron chi connectivity index (χ3n) is 1.33. The number of rotatable bonds is 9. The number of nitrogens with zero attached hydrogens (tertiary/aromatic N) is 2. The summed E-state index contributed by atoms with van der Waals surface area (Å²) in [4.78, 5) is 10.4. The molecule has 14 heavy (non-hydrogen) atoms. The van der Waals surface area contributed by atoms with Gasteiger partial charge in [-0.15, -0.1) is 0 Å². The summed E-state index contributed by atoms with van der Waals surface area (Å²) in [5.74, 6) is 0. The topological polar surface area (TPSA) is 65.4 Å². The van der Waals surface area contributed by atoms with Gasteiger partial charge in [-0.2, -0.15) is 5.01 Å². The quantitative estimate of drug-likeness (QED) is 0.389. The molecule has 0 spiro atoms. The highest BCUT2D eigenvalue weighted by Gasteiger charge is 2.07. The van der Waals surface area contributed by atoms with E-state index in [1.54, 1.807) is 19.1 Å². The molecule has 0 rings (SSSR count). The van der Waals surface area contributed by atoms with Crippen LogP contribution in [-0.4, -0.2) is 61.1 Å². The third-order valence-corrected chi connectivity index (χ3v) is 1.33. The van der Waals surface area contributed by atoms with Crippen LogP contribution in [0.4, 0.5) is 0 Å². The molecule has 0 saturated carbocycles. The Labute approximate surface area is 84.5 Å². The molecule has 0 aromatic heterocycles. The Morgan fingerprint density at radius 2 is 1.36 bits per heavy atom. The molecule has 0 aromatic carbocycles. The Balaban J connectivity index is 3.55. The lowest BCUT2D eigenvalue weighted by atomic mass is 10.5. The van der Waals surface area contributed by atoms with Gasteiger partial charge < -0.3 is 10.2 Å². The lowest BCUT2D eigenvalue weighted by Gasteiger charge is -2.25. The van der Waals surface area contributed by atoms with Gasteiger partial charge in [-0.25, -0.2) is 0 Å². The molecular formula is C8H20N2O4. The lowest BCUT2D eigenvalue weighted by molar-refractivity contribution is -0.452. The minimum atomic E-state index is 0.0951. The second-order valence-electron chi connectivity index (χ2n) is 2.91. The summed E-state index contributed by atoms with van der Waals surface area (Å²) in [5, 5.41) is 20.0. The summed E-state index contributed by atoms with van der Waals surface area (Å²) in [7, 11) is 3.55. The van der Waals surface area contributed by atoms with E-state index in [9.17, 15) is 0 Å². The summed E-state index contributed by atoms with van der Waals surface area (Å²) >= 11 is 0. The summed E-state index contributed by atoms with van der Waals surface area (Å²) < 4.78 is 0.